The van der Waals surface area contributed by atoms with E-state index in [0.717, 1.165) is 11.0 Å². The zero-order valence-electron chi connectivity index (χ0n) is 10.5. The molecule has 0 spiro atoms. The number of benzene rings is 2. The lowest BCUT2D eigenvalue weighted by molar-refractivity contribution is 0.275. The minimum Gasteiger partial charge on any atom is -0.457 e. The minimum absolute atomic E-state index is 0. The SMILES string of the molecule is N#Cc1ccc(Oc2ccc3c(c2)COB3O)cc1.O. The Morgan fingerprint density at radius 3 is 2.55 bits per heavy atom. The van der Waals surface area contributed by atoms with Gasteiger partial charge in [0.1, 0.15) is 11.5 Å². The van der Waals surface area contributed by atoms with Crippen molar-refractivity contribution in [3.63, 3.8) is 0 Å². The second-order valence-electron chi connectivity index (χ2n) is 4.26. The summed E-state index contributed by atoms with van der Waals surface area (Å²) in [5.74, 6) is 1.35. The maximum atomic E-state index is 9.53. The highest BCUT2D eigenvalue weighted by atomic mass is 16.5. The summed E-state index contributed by atoms with van der Waals surface area (Å²) in [7, 11) is -0.834. The number of nitriles is 1. The summed E-state index contributed by atoms with van der Waals surface area (Å²) in [6, 6.07) is 14.4. The van der Waals surface area contributed by atoms with E-state index in [9.17, 15) is 5.02 Å². The van der Waals surface area contributed by atoms with Gasteiger partial charge in [-0.05, 0) is 47.4 Å². The van der Waals surface area contributed by atoms with Gasteiger partial charge < -0.3 is 19.9 Å². The van der Waals surface area contributed by atoms with E-state index < -0.39 is 7.12 Å². The highest BCUT2D eigenvalue weighted by molar-refractivity contribution is 6.61. The third-order valence-electron chi connectivity index (χ3n) is 3.00. The van der Waals surface area contributed by atoms with Crippen molar-refractivity contribution in [1.82, 2.24) is 0 Å². The average molecular weight is 269 g/mol. The van der Waals surface area contributed by atoms with Crippen molar-refractivity contribution >= 4 is 12.6 Å². The molecule has 0 fully saturated rings. The lowest BCUT2D eigenvalue weighted by Crippen LogP contribution is -2.27. The predicted octanol–water partition coefficient (Wildman–Crippen LogP) is 0.744. The van der Waals surface area contributed by atoms with Gasteiger partial charge in [-0.15, -0.1) is 0 Å². The van der Waals surface area contributed by atoms with Gasteiger partial charge in [0, 0.05) is 0 Å². The van der Waals surface area contributed by atoms with Crippen LogP contribution in [0.5, 0.6) is 11.5 Å². The van der Waals surface area contributed by atoms with E-state index in [0.29, 0.717) is 23.7 Å². The molecule has 100 valence electrons. The molecular weight excluding hydrogens is 257 g/mol. The monoisotopic (exact) mass is 269 g/mol. The molecule has 0 aliphatic carbocycles. The molecule has 0 aromatic heterocycles. The first-order valence-electron chi connectivity index (χ1n) is 5.87. The lowest BCUT2D eigenvalue weighted by Gasteiger charge is -2.07. The molecule has 0 saturated carbocycles. The molecule has 2 aromatic carbocycles. The Bertz CT molecular complexity index is 651. The number of ether oxygens (including phenoxy) is 1. The van der Waals surface area contributed by atoms with Crippen LogP contribution in [0.25, 0.3) is 0 Å². The number of nitrogens with zero attached hydrogens (tertiary/aromatic N) is 1. The van der Waals surface area contributed by atoms with Crippen molar-refractivity contribution in [2.45, 2.75) is 6.61 Å². The van der Waals surface area contributed by atoms with Crippen molar-refractivity contribution in [2.24, 2.45) is 0 Å². The zero-order valence-corrected chi connectivity index (χ0v) is 10.5. The van der Waals surface area contributed by atoms with Gasteiger partial charge in [0.05, 0.1) is 18.2 Å². The van der Waals surface area contributed by atoms with Crippen molar-refractivity contribution in [2.75, 3.05) is 0 Å². The maximum absolute atomic E-state index is 9.53. The Balaban J connectivity index is 0.00000147. The molecule has 6 heteroatoms. The Labute approximate surface area is 116 Å². The smallest absolute Gasteiger partial charge is 0.457 e. The summed E-state index contributed by atoms with van der Waals surface area (Å²) in [4.78, 5) is 0. The van der Waals surface area contributed by atoms with Crippen LogP contribution < -0.4 is 10.2 Å². The molecule has 5 nitrogen and oxygen atoms in total. The largest absolute Gasteiger partial charge is 0.491 e. The Hall–Kier alpha value is -2.33. The van der Waals surface area contributed by atoms with E-state index in [1.54, 1.807) is 36.4 Å². The molecule has 0 amide bonds. The van der Waals surface area contributed by atoms with Gasteiger partial charge in [-0.25, -0.2) is 0 Å². The fourth-order valence-corrected chi connectivity index (χ4v) is 2.00. The fraction of sp³-hybridized carbons (Fsp3) is 0.0714. The van der Waals surface area contributed by atoms with Gasteiger partial charge in [-0.3, -0.25) is 0 Å². The molecule has 0 unspecified atom stereocenters. The summed E-state index contributed by atoms with van der Waals surface area (Å²) in [5.41, 5.74) is 2.31. The lowest BCUT2D eigenvalue weighted by atomic mass is 9.80. The summed E-state index contributed by atoms with van der Waals surface area (Å²) >= 11 is 0. The second kappa shape index (κ2) is 5.76. The standard InChI is InChI=1S/C14H10BNO3.H2O/c16-8-10-1-3-12(4-2-10)19-13-5-6-14-11(7-13)9-18-15(14)17;/h1-7,17H,9H2;1H2. The summed E-state index contributed by atoms with van der Waals surface area (Å²) in [6.07, 6.45) is 0. The highest BCUT2D eigenvalue weighted by Crippen LogP contribution is 2.23. The average Bonchev–Trinajstić information content (AvgIpc) is 2.81. The number of rotatable bonds is 2. The Morgan fingerprint density at radius 1 is 1.15 bits per heavy atom. The first kappa shape index (κ1) is 14.1. The van der Waals surface area contributed by atoms with Gasteiger partial charge in [0.25, 0.3) is 0 Å². The molecule has 0 bridgehead atoms. The van der Waals surface area contributed by atoms with Crippen LogP contribution in [0.3, 0.4) is 0 Å². The van der Waals surface area contributed by atoms with Gasteiger partial charge in [-0.1, -0.05) is 6.07 Å². The normalized spacial score (nSPS) is 12.3. The molecule has 3 N–H and O–H groups in total. The van der Waals surface area contributed by atoms with E-state index in [1.807, 2.05) is 6.07 Å². The molecule has 0 atom stereocenters. The molecule has 0 saturated heterocycles. The predicted molar refractivity (Wildman–Crippen MR) is 73.7 cm³/mol. The van der Waals surface area contributed by atoms with Crippen molar-refractivity contribution in [1.29, 1.82) is 5.26 Å². The first-order valence-corrected chi connectivity index (χ1v) is 5.87. The molecule has 2 aromatic rings. The molecular formula is C14H12BNO4. The van der Waals surface area contributed by atoms with Crippen molar-refractivity contribution in [3.05, 3.63) is 53.6 Å². The van der Waals surface area contributed by atoms with E-state index in [-0.39, 0.29) is 5.48 Å². The van der Waals surface area contributed by atoms with Crippen LogP contribution in [-0.4, -0.2) is 17.6 Å². The molecule has 20 heavy (non-hydrogen) atoms. The number of fused-ring (bicyclic) bond motifs is 1. The quantitative estimate of drug-likeness (QED) is 0.813. The minimum atomic E-state index is -0.834. The molecule has 1 heterocycles. The van der Waals surface area contributed by atoms with Crippen molar-refractivity contribution < 1.29 is 19.9 Å². The summed E-state index contributed by atoms with van der Waals surface area (Å²) in [5, 5.41) is 18.2. The highest BCUT2D eigenvalue weighted by Gasteiger charge is 2.27. The molecule has 0 radical (unpaired) electrons. The topological polar surface area (TPSA) is 94.0 Å². The number of hydrogen-bond acceptors (Lipinski definition) is 4. The van der Waals surface area contributed by atoms with Crippen molar-refractivity contribution in [3.8, 4) is 17.6 Å². The van der Waals surface area contributed by atoms with E-state index in [4.69, 9.17) is 14.7 Å². The van der Waals surface area contributed by atoms with E-state index >= 15 is 0 Å². The van der Waals surface area contributed by atoms with Crippen LogP contribution in [-0.2, 0) is 11.3 Å². The summed E-state index contributed by atoms with van der Waals surface area (Å²) < 4.78 is 10.8. The third kappa shape index (κ3) is 2.65. The molecule has 1 aliphatic rings. The first-order chi connectivity index (χ1) is 9.26. The Morgan fingerprint density at radius 2 is 1.85 bits per heavy atom. The van der Waals surface area contributed by atoms with Crippen LogP contribution in [0, 0.1) is 11.3 Å². The maximum Gasteiger partial charge on any atom is 0.491 e. The van der Waals surface area contributed by atoms with Crippen LogP contribution in [0.4, 0.5) is 0 Å². The molecule has 3 rings (SSSR count). The number of hydrogen-bond donors (Lipinski definition) is 1. The summed E-state index contributed by atoms with van der Waals surface area (Å²) in [6.45, 7) is 0.390. The van der Waals surface area contributed by atoms with Crippen LogP contribution in [0.1, 0.15) is 11.1 Å². The zero-order chi connectivity index (χ0) is 13.2. The second-order valence-corrected chi connectivity index (χ2v) is 4.26. The third-order valence-corrected chi connectivity index (χ3v) is 3.00. The van der Waals surface area contributed by atoms with Gasteiger partial charge in [0.15, 0.2) is 0 Å². The fourth-order valence-electron chi connectivity index (χ4n) is 2.00. The van der Waals surface area contributed by atoms with Crippen LogP contribution in [0.15, 0.2) is 42.5 Å². The van der Waals surface area contributed by atoms with Gasteiger partial charge in [-0.2, -0.15) is 5.26 Å². The van der Waals surface area contributed by atoms with Gasteiger partial charge >= 0.3 is 7.12 Å². The van der Waals surface area contributed by atoms with Crippen LogP contribution >= 0.6 is 0 Å². The van der Waals surface area contributed by atoms with Gasteiger partial charge in [0.2, 0.25) is 0 Å². The molecule has 1 aliphatic heterocycles. The van der Waals surface area contributed by atoms with E-state index in [2.05, 4.69) is 6.07 Å². The van der Waals surface area contributed by atoms with Crippen LogP contribution in [0.2, 0.25) is 0 Å². The van der Waals surface area contributed by atoms with E-state index in [1.165, 1.54) is 0 Å². The Kier molecular flexibility index (Phi) is 4.06.